The number of rotatable bonds is 5. The third-order valence-corrected chi connectivity index (χ3v) is 4.58. The molecule has 1 unspecified atom stereocenters. The molecule has 0 aromatic heterocycles. The highest BCUT2D eigenvalue weighted by Gasteiger charge is 2.18. The van der Waals surface area contributed by atoms with Gasteiger partial charge in [-0.3, -0.25) is 20.4 Å². The summed E-state index contributed by atoms with van der Waals surface area (Å²) in [6.07, 6.45) is 3.06. The second kappa shape index (κ2) is 8.35. The van der Waals surface area contributed by atoms with E-state index in [-0.39, 0.29) is 12.3 Å². The van der Waals surface area contributed by atoms with Gasteiger partial charge in [0.25, 0.3) is 5.91 Å². The Labute approximate surface area is 157 Å². The smallest absolute Gasteiger partial charge is 0.312 e. The summed E-state index contributed by atoms with van der Waals surface area (Å²) in [6, 6.07) is 13.3. The van der Waals surface area contributed by atoms with Crippen LogP contribution in [0.15, 0.2) is 48.5 Å². The van der Waals surface area contributed by atoms with Gasteiger partial charge in [0.15, 0.2) is 0 Å². The Hall–Kier alpha value is -3.35. The van der Waals surface area contributed by atoms with E-state index in [4.69, 9.17) is 5.73 Å². The van der Waals surface area contributed by atoms with E-state index in [0.717, 1.165) is 24.8 Å². The van der Waals surface area contributed by atoms with Gasteiger partial charge >= 0.3 is 6.03 Å². The number of amides is 4. The monoisotopic (exact) mass is 366 g/mol. The lowest BCUT2D eigenvalue weighted by molar-refractivity contribution is -0.122. The summed E-state index contributed by atoms with van der Waals surface area (Å²) in [5.74, 6) is -0.815. The second-order valence-electron chi connectivity index (χ2n) is 6.52. The van der Waals surface area contributed by atoms with E-state index >= 15 is 0 Å². The summed E-state index contributed by atoms with van der Waals surface area (Å²) < 4.78 is 0. The number of urea groups is 1. The highest BCUT2D eigenvalue weighted by molar-refractivity contribution is 5.95. The zero-order valence-electron chi connectivity index (χ0n) is 14.8. The molecule has 5 N–H and O–H groups in total. The molecule has 1 atom stereocenters. The van der Waals surface area contributed by atoms with Gasteiger partial charge in [-0.15, -0.1) is 0 Å². The van der Waals surface area contributed by atoms with Crippen molar-refractivity contribution in [3.05, 3.63) is 70.8 Å². The predicted molar refractivity (Wildman–Crippen MR) is 101 cm³/mol. The van der Waals surface area contributed by atoms with Gasteiger partial charge in [0.2, 0.25) is 5.91 Å². The van der Waals surface area contributed by atoms with Gasteiger partial charge in [-0.1, -0.05) is 36.4 Å². The van der Waals surface area contributed by atoms with Crippen LogP contribution in [0.3, 0.4) is 0 Å². The van der Waals surface area contributed by atoms with Crippen molar-refractivity contribution >= 4 is 17.8 Å². The van der Waals surface area contributed by atoms with Crippen LogP contribution in [0.2, 0.25) is 0 Å². The molecule has 0 radical (unpaired) electrons. The van der Waals surface area contributed by atoms with Crippen molar-refractivity contribution in [1.82, 2.24) is 16.2 Å². The molecule has 7 nitrogen and oxygen atoms in total. The molecule has 7 heteroatoms. The lowest BCUT2D eigenvalue weighted by Crippen LogP contribution is -2.44. The topological polar surface area (TPSA) is 113 Å². The molecular weight excluding hydrogens is 344 g/mol. The minimum Gasteiger partial charge on any atom is -0.352 e. The van der Waals surface area contributed by atoms with Crippen molar-refractivity contribution in [3.63, 3.8) is 0 Å². The van der Waals surface area contributed by atoms with Crippen LogP contribution in [0.4, 0.5) is 4.79 Å². The van der Waals surface area contributed by atoms with Crippen LogP contribution in [0.5, 0.6) is 0 Å². The van der Waals surface area contributed by atoms with E-state index in [0.29, 0.717) is 5.56 Å². The van der Waals surface area contributed by atoms with Crippen molar-refractivity contribution in [3.8, 4) is 0 Å². The first-order chi connectivity index (χ1) is 13.0. The minimum atomic E-state index is -0.723. The molecule has 1 aliphatic carbocycles. The van der Waals surface area contributed by atoms with Crippen LogP contribution in [0.1, 0.15) is 45.9 Å². The number of nitrogens with two attached hydrogens (primary N) is 1. The molecule has 2 aromatic rings. The largest absolute Gasteiger partial charge is 0.352 e. The summed E-state index contributed by atoms with van der Waals surface area (Å²) in [7, 11) is 0. The van der Waals surface area contributed by atoms with Gasteiger partial charge in [0.1, 0.15) is 0 Å². The second-order valence-corrected chi connectivity index (χ2v) is 6.52. The minimum absolute atomic E-state index is 0.0581. The lowest BCUT2D eigenvalue weighted by Gasteiger charge is -2.18. The number of primary amides is 1. The average Bonchev–Trinajstić information content (AvgIpc) is 3.13. The summed E-state index contributed by atoms with van der Waals surface area (Å²) in [5.41, 5.74) is 13.7. The Morgan fingerprint density at radius 3 is 2.44 bits per heavy atom. The molecule has 0 heterocycles. The predicted octanol–water partition coefficient (Wildman–Crippen LogP) is 1.74. The molecule has 0 aliphatic heterocycles. The third kappa shape index (κ3) is 4.84. The molecule has 0 bridgehead atoms. The highest BCUT2D eigenvalue weighted by atomic mass is 16.2. The number of nitrogens with one attached hydrogen (secondary N) is 3. The van der Waals surface area contributed by atoms with Gasteiger partial charge in [-0.25, -0.2) is 4.79 Å². The fourth-order valence-electron chi connectivity index (χ4n) is 3.26. The normalized spacial score (nSPS) is 13.3. The Bertz CT molecular complexity index is 852. The molecule has 0 fully saturated rings. The molecule has 3 rings (SSSR count). The fourth-order valence-corrected chi connectivity index (χ4v) is 3.26. The standard InChI is InChI=1S/C20H22N4O3/c21-20(27)22-17(14-5-2-1-3-6-14)12-18(25)23-24-19(26)16-10-9-13-7-4-8-15(13)11-16/h1-3,5-6,9-11,17H,4,7-8,12H2,(H,23,25)(H,24,26)(H3,21,22,27). The first kappa shape index (κ1) is 18.4. The van der Waals surface area contributed by atoms with Crippen LogP contribution in [0, 0.1) is 0 Å². The number of benzene rings is 2. The van der Waals surface area contributed by atoms with E-state index in [1.54, 1.807) is 30.3 Å². The number of carbonyl (C=O) groups is 3. The Balaban J connectivity index is 1.57. The van der Waals surface area contributed by atoms with Crippen molar-refractivity contribution in [1.29, 1.82) is 0 Å². The summed E-state index contributed by atoms with van der Waals surface area (Å²) in [5, 5.41) is 2.54. The van der Waals surface area contributed by atoms with Crippen molar-refractivity contribution in [2.45, 2.75) is 31.7 Å². The van der Waals surface area contributed by atoms with Crippen LogP contribution < -0.4 is 21.9 Å². The van der Waals surface area contributed by atoms with Gasteiger partial charge in [0.05, 0.1) is 12.5 Å². The van der Waals surface area contributed by atoms with E-state index in [1.807, 2.05) is 18.2 Å². The maximum absolute atomic E-state index is 12.3. The molecule has 0 saturated heterocycles. The Morgan fingerprint density at radius 2 is 1.70 bits per heavy atom. The zero-order chi connectivity index (χ0) is 19.2. The van der Waals surface area contributed by atoms with Gasteiger partial charge < -0.3 is 11.1 Å². The molecule has 1 aliphatic rings. The molecule has 27 heavy (non-hydrogen) atoms. The quantitative estimate of drug-likeness (QED) is 0.604. The summed E-state index contributed by atoms with van der Waals surface area (Å²) >= 11 is 0. The van der Waals surface area contributed by atoms with Crippen LogP contribution in [-0.4, -0.2) is 17.8 Å². The zero-order valence-corrected chi connectivity index (χ0v) is 14.8. The van der Waals surface area contributed by atoms with Gasteiger partial charge in [-0.05, 0) is 48.1 Å². The SMILES string of the molecule is NC(=O)NC(CC(=O)NNC(=O)c1ccc2c(c1)CCC2)c1ccccc1. The number of hydrogen-bond acceptors (Lipinski definition) is 3. The van der Waals surface area contributed by atoms with Crippen molar-refractivity contribution in [2.75, 3.05) is 0 Å². The number of fused-ring (bicyclic) bond motifs is 1. The van der Waals surface area contributed by atoms with Gasteiger partial charge in [-0.2, -0.15) is 0 Å². The third-order valence-electron chi connectivity index (χ3n) is 4.58. The van der Waals surface area contributed by atoms with Crippen molar-refractivity contribution < 1.29 is 14.4 Å². The number of carbonyl (C=O) groups excluding carboxylic acids is 3. The first-order valence-electron chi connectivity index (χ1n) is 8.85. The molecular formula is C20H22N4O3. The van der Waals surface area contributed by atoms with Crippen molar-refractivity contribution in [2.24, 2.45) is 5.73 Å². The van der Waals surface area contributed by atoms with E-state index in [2.05, 4.69) is 16.2 Å². The average molecular weight is 366 g/mol. The molecule has 4 amide bonds. The Morgan fingerprint density at radius 1 is 0.963 bits per heavy atom. The van der Waals surface area contributed by atoms with Crippen LogP contribution in [0.25, 0.3) is 0 Å². The maximum atomic E-state index is 12.3. The summed E-state index contributed by atoms with van der Waals surface area (Å²) in [4.78, 5) is 35.7. The first-order valence-corrected chi connectivity index (χ1v) is 8.85. The Kier molecular flexibility index (Phi) is 5.71. The van der Waals surface area contributed by atoms with E-state index in [1.165, 1.54) is 11.1 Å². The van der Waals surface area contributed by atoms with E-state index in [9.17, 15) is 14.4 Å². The van der Waals surface area contributed by atoms with Crippen LogP contribution >= 0.6 is 0 Å². The molecule has 2 aromatic carbocycles. The number of hydrazine groups is 1. The van der Waals surface area contributed by atoms with Crippen LogP contribution in [-0.2, 0) is 17.6 Å². The fraction of sp³-hybridized carbons (Fsp3) is 0.250. The number of aryl methyl sites for hydroxylation is 2. The molecule has 140 valence electrons. The maximum Gasteiger partial charge on any atom is 0.312 e. The molecule has 0 saturated carbocycles. The lowest BCUT2D eigenvalue weighted by atomic mass is 10.0. The van der Waals surface area contributed by atoms with E-state index < -0.39 is 18.0 Å². The number of hydrogen-bond donors (Lipinski definition) is 4. The highest BCUT2D eigenvalue weighted by Crippen LogP contribution is 2.22. The van der Waals surface area contributed by atoms with Gasteiger partial charge in [0, 0.05) is 5.56 Å². The summed E-state index contributed by atoms with van der Waals surface area (Å²) in [6.45, 7) is 0. The molecule has 0 spiro atoms.